The third-order valence-corrected chi connectivity index (χ3v) is 4.27. The molecule has 0 radical (unpaired) electrons. The number of hydrogen-bond donors (Lipinski definition) is 2. The maximum atomic E-state index is 12.3. The summed E-state index contributed by atoms with van der Waals surface area (Å²) in [5, 5.41) is 4.12. The number of H-pyrrole nitrogens is 1. The second-order valence-electron chi connectivity index (χ2n) is 5.86. The number of carbonyl (C=O) groups is 1. The maximum Gasteiger partial charge on any atom is 0.224 e. The molecule has 1 aromatic heterocycles. The lowest BCUT2D eigenvalue weighted by Crippen LogP contribution is -2.27. The van der Waals surface area contributed by atoms with Gasteiger partial charge >= 0.3 is 0 Å². The number of hydrogen-bond acceptors (Lipinski definition) is 2. The maximum absolute atomic E-state index is 12.3. The van der Waals surface area contributed by atoms with Crippen LogP contribution in [0, 0.1) is 6.92 Å². The highest BCUT2D eigenvalue weighted by Crippen LogP contribution is 2.22. The van der Waals surface area contributed by atoms with Gasteiger partial charge in [0, 0.05) is 23.1 Å². The molecule has 0 unspecified atom stereocenters. The van der Waals surface area contributed by atoms with E-state index in [0.29, 0.717) is 13.0 Å². The van der Waals surface area contributed by atoms with Crippen LogP contribution in [0.3, 0.4) is 0 Å². The van der Waals surface area contributed by atoms with Gasteiger partial charge in [-0.1, -0.05) is 36.4 Å². The highest BCUT2D eigenvalue weighted by Gasteiger charge is 2.12. The number of benzene rings is 2. The van der Waals surface area contributed by atoms with Gasteiger partial charge in [0.1, 0.15) is 5.75 Å². The number of aromatic amines is 1. The van der Waals surface area contributed by atoms with Gasteiger partial charge < -0.3 is 15.0 Å². The molecule has 0 aliphatic rings. The van der Waals surface area contributed by atoms with E-state index >= 15 is 0 Å². The van der Waals surface area contributed by atoms with Gasteiger partial charge in [0.15, 0.2) is 0 Å². The van der Waals surface area contributed by atoms with Gasteiger partial charge in [-0.2, -0.15) is 0 Å². The number of rotatable bonds is 6. The van der Waals surface area contributed by atoms with Gasteiger partial charge in [-0.05, 0) is 36.6 Å². The molecule has 0 atom stereocenters. The van der Waals surface area contributed by atoms with Crippen LogP contribution in [0.25, 0.3) is 10.9 Å². The van der Waals surface area contributed by atoms with Crippen molar-refractivity contribution in [3.8, 4) is 5.75 Å². The Morgan fingerprint density at radius 3 is 2.71 bits per heavy atom. The van der Waals surface area contributed by atoms with Crippen molar-refractivity contribution in [1.29, 1.82) is 0 Å². The molecule has 3 rings (SSSR count). The molecule has 0 aliphatic carbocycles. The highest BCUT2D eigenvalue weighted by molar-refractivity contribution is 5.90. The topological polar surface area (TPSA) is 54.1 Å². The SMILES string of the molecule is COc1ccccc1CCNC(=O)Cc1c(C)[nH]c2ccccc12. The molecule has 4 heteroatoms. The van der Waals surface area contributed by atoms with Gasteiger partial charge in [0.25, 0.3) is 0 Å². The van der Waals surface area contributed by atoms with E-state index in [1.807, 2.05) is 49.4 Å². The number of carbonyl (C=O) groups excluding carboxylic acids is 1. The normalized spacial score (nSPS) is 10.8. The van der Waals surface area contributed by atoms with Crippen molar-refractivity contribution in [3.05, 3.63) is 65.4 Å². The van der Waals surface area contributed by atoms with E-state index in [1.54, 1.807) is 7.11 Å². The van der Waals surface area contributed by atoms with Crippen molar-refractivity contribution >= 4 is 16.8 Å². The molecule has 0 saturated heterocycles. The fourth-order valence-corrected chi connectivity index (χ4v) is 3.03. The Kier molecular flexibility index (Phi) is 4.85. The van der Waals surface area contributed by atoms with Gasteiger partial charge in [-0.25, -0.2) is 0 Å². The summed E-state index contributed by atoms with van der Waals surface area (Å²) >= 11 is 0. The first-order valence-electron chi connectivity index (χ1n) is 8.14. The Balaban J connectivity index is 1.60. The molecule has 4 nitrogen and oxygen atoms in total. The monoisotopic (exact) mass is 322 g/mol. The predicted octanol–water partition coefficient (Wildman–Crippen LogP) is 3.39. The number of para-hydroxylation sites is 2. The molecule has 0 saturated carbocycles. The van der Waals surface area contributed by atoms with Crippen LogP contribution in [0.2, 0.25) is 0 Å². The Hall–Kier alpha value is -2.75. The molecule has 2 aromatic carbocycles. The van der Waals surface area contributed by atoms with E-state index < -0.39 is 0 Å². The van der Waals surface area contributed by atoms with Gasteiger partial charge in [0.2, 0.25) is 5.91 Å². The first-order valence-corrected chi connectivity index (χ1v) is 8.14. The summed E-state index contributed by atoms with van der Waals surface area (Å²) in [6.07, 6.45) is 1.14. The Labute approximate surface area is 141 Å². The smallest absolute Gasteiger partial charge is 0.224 e. The molecule has 0 spiro atoms. The van der Waals surface area contributed by atoms with Crippen LogP contribution in [-0.4, -0.2) is 24.5 Å². The summed E-state index contributed by atoms with van der Waals surface area (Å²) in [7, 11) is 1.66. The van der Waals surface area contributed by atoms with E-state index in [1.165, 1.54) is 0 Å². The van der Waals surface area contributed by atoms with Crippen LogP contribution in [0.4, 0.5) is 0 Å². The molecule has 2 N–H and O–H groups in total. The Bertz CT molecular complexity index is 852. The first-order chi connectivity index (χ1) is 11.7. The van der Waals surface area contributed by atoms with Gasteiger partial charge in [-0.3, -0.25) is 4.79 Å². The summed E-state index contributed by atoms with van der Waals surface area (Å²) in [6.45, 7) is 2.61. The molecule has 1 heterocycles. The molecule has 3 aromatic rings. The number of methoxy groups -OCH3 is 1. The van der Waals surface area contributed by atoms with Gasteiger partial charge in [0.05, 0.1) is 13.5 Å². The Morgan fingerprint density at radius 2 is 1.88 bits per heavy atom. The molecular formula is C20H22N2O2. The third-order valence-electron chi connectivity index (χ3n) is 4.27. The molecule has 0 bridgehead atoms. The standard InChI is InChI=1S/C20H22N2O2/c1-14-17(16-8-4-5-9-18(16)22-14)13-20(23)21-12-11-15-7-3-6-10-19(15)24-2/h3-10,22H,11-13H2,1-2H3,(H,21,23). The lowest BCUT2D eigenvalue weighted by Gasteiger charge is -2.09. The number of aromatic nitrogens is 1. The minimum absolute atomic E-state index is 0.0396. The average molecular weight is 322 g/mol. The number of aryl methyl sites for hydroxylation is 1. The fraction of sp³-hybridized carbons (Fsp3) is 0.250. The zero-order chi connectivity index (χ0) is 16.9. The van der Waals surface area contributed by atoms with Crippen molar-refractivity contribution in [2.75, 3.05) is 13.7 Å². The lowest BCUT2D eigenvalue weighted by atomic mass is 10.1. The van der Waals surface area contributed by atoms with Crippen LogP contribution in [0.15, 0.2) is 48.5 Å². The lowest BCUT2D eigenvalue weighted by molar-refractivity contribution is -0.120. The second-order valence-corrected chi connectivity index (χ2v) is 5.86. The molecule has 1 amide bonds. The van der Waals surface area contributed by atoms with Crippen molar-refractivity contribution in [3.63, 3.8) is 0 Å². The fourth-order valence-electron chi connectivity index (χ4n) is 3.03. The van der Waals surface area contributed by atoms with E-state index in [9.17, 15) is 4.79 Å². The third kappa shape index (κ3) is 3.43. The summed E-state index contributed by atoms with van der Waals surface area (Å²) < 4.78 is 5.34. The van der Waals surface area contributed by atoms with Crippen molar-refractivity contribution in [2.45, 2.75) is 19.8 Å². The Morgan fingerprint density at radius 1 is 1.12 bits per heavy atom. The largest absolute Gasteiger partial charge is 0.496 e. The second kappa shape index (κ2) is 7.21. The zero-order valence-electron chi connectivity index (χ0n) is 14.1. The average Bonchev–Trinajstić information content (AvgIpc) is 2.91. The summed E-state index contributed by atoms with van der Waals surface area (Å²) in [5.74, 6) is 0.900. The molecule has 0 fully saturated rings. The van der Waals surface area contributed by atoms with E-state index in [4.69, 9.17) is 4.74 Å². The summed E-state index contributed by atoms with van der Waals surface area (Å²) in [4.78, 5) is 15.6. The minimum Gasteiger partial charge on any atom is -0.496 e. The van der Waals surface area contributed by atoms with E-state index in [-0.39, 0.29) is 5.91 Å². The van der Waals surface area contributed by atoms with Crippen LogP contribution in [0.1, 0.15) is 16.8 Å². The highest BCUT2D eigenvalue weighted by atomic mass is 16.5. The van der Waals surface area contributed by atoms with Crippen molar-refractivity contribution in [2.24, 2.45) is 0 Å². The van der Waals surface area contributed by atoms with Gasteiger partial charge in [-0.15, -0.1) is 0 Å². The zero-order valence-corrected chi connectivity index (χ0v) is 14.1. The minimum atomic E-state index is 0.0396. The van der Waals surface area contributed by atoms with E-state index in [0.717, 1.165) is 39.9 Å². The van der Waals surface area contributed by atoms with E-state index in [2.05, 4.69) is 16.4 Å². The molecular weight excluding hydrogens is 300 g/mol. The van der Waals surface area contributed by atoms with Crippen LogP contribution in [-0.2, 0) is 17.6 Å². The molecule has 0 aliphatic heterocycles. The van der Waals surface area contributed by atoms with Crippen LogP contribution >= 0.6 is 0 Å². The number of nitrogens with one attached hydrogen (secondary N) is 2. The number of fused-ring (bicyclic) bond motifs is 1. The molecule has 124 valence electrons. The first kappa shape index (κ1) is 16.1. The predicted molar refractivity (Wildman–Crippen MR) is 96.4 cm³/mol. The van der Waals surface area contributed by atoms with Crippen molar-refractivity contribution in [1.82, 2.24) is 10.3 Å². The van der Waals surface area contributed by atoms with Crippen molar-refractivity contribution < 1.29 is 9.53 Å². The number of amides is 1. The van der Waals surface area contributed by atoms with Crippen LogP contribution in [0.5, 0.6) is 5.75 Å². The number of ether oxygens (including phenoxy) is 1. The quantitative estimate of drug-likeness (QED) is 0.731. The van der Waals surface area contributed by atoms with Crippen LogP contribution < -0.4 is 10.1 Å². The molecule has 24 heavy (non-hydrogen) atoms. The summed E-state index contributed by atoms with van der Waals surface area (Å²) in [5.41, 5.74) is 4.30. The summed E-state index contributed by atoms with van der Waals surface area (Å²) in [6, 6.07) is 16.0.